The number of alkyl halides is 6. The summed E-state index contributed by atoms with van der Waals surface area (Å²) in [6.07, 6.45) is -4.65. The van der Waals surface area contributed by atoms with Crippen LogP contribution in [-0.2, 0) is 16.3 Å². The molecule has 0 unspecified atom stereocenters. The Labute approximate surface area is 176 Å². The fourth-order valence-corrected chi connectivity index (χ4v) is 3.48. The summed E-state index contributed by atoms with van der Waals surface area (Å²) in [5.41, 5.74) is -7.42. The van der Waals surface area contributed by atoms with Crippen LogP contribution in [0.25, 0.3) is 0 Å². The van der Waals surface area contributed by atoms with E-state index in [1.54, 1.807) is 6.92 Å². The second kappa shape index (κ2) is 8.86. The topological polar surface area (TPSA) is 92.7 Å². The van der Waals surface area contributed by atoms with Gasteiger partial charge in [-0.1, -0.05) is 6.92 Å². The molecule has 0 spiro atoms. The number of anilines is 1. The molecule has 0 aliphatic heterocycles. The van der Waals surface area contributed by atoms with Gasteiger partial charge in [0.1, 0.15) is 11.5 Å². The minimum absolute atomic E-state index is 0.0265. The first-order valence-electron chi connectivity index (χ1n) is 8.15. The Morgan fingerprint density at radius 3 is 2.29 bits per heavy atom. The Morgan fingerprint density at radius 2 is 1.74 bits per heavy atom. The number of hydrogen-bond acceptors (Lipinski definition) is 6. The Bertz CT molecular complexity index is 1080. The zero-order valence-corrected chi connectivity index (χ0v) is 17.0. The lowest BCUT2D eigenvalue weighted by Crippen LogP contribution is -2.28. The number of phenols is 1. The minimum Gasteiger partial charge on any atom is -0.506 e. The van der Waals surface area contributed by atoms with Crippen molar-refractivity contribution in [2.45, 2.75) is 23.5 Å². The number of nitrogens with one attached hydrogen (secondary N) is 1. The molecule has 170 valence electrons. The smallest absolute Gasteiger partial charge is 0.506 e. The van der Waals surface area contributed by atoms with Crippen molar-refractivity contribution in [3.63, 3.8) is 0 Å². The van der Waals surface area contributed by atoms with Crippen LogP contribution in [0.1, 0.15) is 22.8 Å². The van der Waals surface area contributed by atoms with Crippen LogP contribution < -0.4 is 9.50 Å². The van der Waals surface area contributed by atoms with Gasteiger partial charge in [-0.05, 0) is 36.1 Å². The number of phenolic OH excluding ortho intramolecular Hbond substituents is 1. The zero-order chi connectivity index (χ0) is 23.6. The van der Waals surface area contributed by atoms with Crippen LogP contribution in [0.2, 0.25) is 0 Å². The maximum atomic E-state index is 12.9. The summed E-state index contributed by atoms with van der Waals surface area (Å²) in [5.74, 6) is -2.18. The maximum Gasteiger partial charge on any atom is 0.534 e. The van der Waals surface area contributed by atoms with Gasteiger partial charge in [-0.2, -0.15) is 34.8 Å². The number of hydrogen-bond donors (Lipinski definition) is 2. The lowest BCUT2D eigenvalue weighted by Gasteiger charge is -2.14. The van der Waals surface area contributed by atoms with Gasteiger partial charge in [0.05, 0.1) is 16.8 Å². The van der Waals surface area contributed by atoms with Crippen molar-refractivity contribution in [3.8, 4) is 11.5 Å². The second-order valence-corrected chi connectivity index (χ2v) is 8.60. The van der Waals surface area contributed by atoms with Gasteiger partial charge >= 0.3 is 21.8 Å². The highest BCUT2D eigenvalue weighted by atomic mass is 32.2. The van der Waals surface area contributed by atoms with Crippen molar-refractivity contribution in [2.75, 3.05) is 11.1 Å². The molecule has 2 aromatic carbocycles. The van der Waals surface area contributed by atoms with Crippen LogP contribution in [0.15, 0.2) is 41.3 Å². The molecule has 0 atom stereocenters. The molecule has 0 aliphatic rings. The number of halogens is 6. The second-order valence-electron chi connectivity index (χ2n) is 5.76. The number of carbonyl (C=O) groups is 1. The van der Waals surface area contributed by atoms with Gasteiger partial charge in [0.15, 0.2) is 0 Å². The Morgan fingerprint density at radius 1 is 1.10 bits per heavy atom. The molecule has 0 saturated carbocycles. The first-order chi connectivity index (χ1) is 14.2. The highest BCUT2D eigenvalue weighted by molar-refractivity contribution is 7.99. The molecule has 2 N–H and O–H groups in total. The van der Waals surface area contributed by atoms with Crippen molar-refractivity contribution in [1.82, 2.24) is 0 Å². The fourth-order valence-electron chi connectivity index (χ4n) is 2.19. The van der Waals surface area contributed by atoms with Crippen LogP contribution >= 0.6 is 11.8 Å². The molecule has 6 nitrogen and oxygen atoms in total. The monoisotopic (exact) mass is 489 g/mol. The van der Waals surface area contributed by atoms with Crippen LogP contribution in [0.5, 0.6) is 11.5 Å². The number of aromatic hydroxyl groups is 1. The lowest BCUT2D eigenvalue weighted by atomic mass is 10.1. The third kappa shape index (κ3) is 5.97. The van der Waals surface area contributed by atoms with Crippen LogP contribution in [-0.4, -0.2) is 30.7 Å². The number of amides is 1. The average Bonchev–Trinajstić information content (AvgIpc) is 2.62. The molecule has 2 rings (SSSR count). The number of benzene rings is 2. The van der Waals surface area contributed by atoms with E-state index in [0.29, 0.717) is 24.0 Å². The van der Waals surface area contributed by atoms with E-state index in [1.807, 2.05) is 0 Å². The number of thioether (sulfide) groups is 1. The molecule has 0 aliphatic carbocycles. The van der Waals surface area contributed by atoms with Gasteiger partial charge in [0.2, 0.25) is 0 Å². The molecule has 0 saturated heterocycles. The quantitative estimate of drug-likeness (QED) is 0.195. The van der Waals surface area contributed by atoms with Gasteiger partial charge in [-0.15, -0.1) is 11.8 Å². The average molecular weight is 489 g/mol. The van der Waals surface area contributed by atoms with Crippen LogP contribution in [0.3, 0.4) is 0 Å². The Balaban J connectivity index is 2.36. The standard InChI is InChI=1S/C17H13F6NO5S2/c1-2-30-14-7-9(16(18,19)20)3-5-11(14)15(26)24-12-8-10(4-6-13(12)25)29-31(27,28)17(21,22)23/h3-8,25H,2H2,1H3,(H,24,26). The summed E-state index contributed by atoms with van der Waals surface area (Å²) in [7, 11) is -6.00. The third-order valence-corrected chi connectivity index (χ3v) is 5.48. The largest absolute Gasteiger partial charge is 0.534 e. The Hall–Kier alpha value is -2.61. The normalized spacial score (nSPS) is 12.5. The van der Waals surface area contributed by atoms with E-state index >= 15 is 0 Å². The molecule has 0 aromatic heterocycles. The molecular weight excluding hydrogens is 476 g/mol. The van der Waals surface area contributed by atoms with Gasteiger partial charge in [-0.3, -0.25) is 4.79 Å². The SMILES string of the molecule is CCSc1cc(C(F)(F)F)ccc1C(=O)Nc1cc(OS(=O)(=O)C(F)(F)F)ccc1O. The number of rotatable bonds is 6. The molecule has 31 heavy (non-hydrogen) atoms. The highest BCUT2D eigenvalue weighted by Gasteiger charge is 2.48. The lowest BCUT2D eigenvalue weighted by molar-refractivity contribution is -0.137. The minimum atomic E-state index is -6.00. The molecule has 0 bridgehead atoms. The van der Waals surface area contributed by atoms with E-state index in [9.17, 15) is 44.7 Å². The van der Waals surface area contributed by atoms with Gasteiger partial charge in [-0.25, -0.2) is 0 Å². The zero-order valence-electron chi connectivity index (χ0n) is 15.3. The first kappa shape index (κ1) is 24.7. The summed E-state index contributed by atoms with van der Waals surface area (Å²) in [4.78, 5) is 12.5. The Kier molecular flexibility index (Phi) is 7.05. The van der Waals surface area contributed by atoms with E-state index in [-0.39, 0.29) is 10.5 Å². The molecular formula is C17H13F6NO5S2. The summed E-state index contributed by atoms with van der Waals surface area (Å²) >= 11 is 0.937. The molecule has 0 radical (unpaired) electrons. The van der Waals surface area contributed by atoms with Crippen molar-refractivity contribution < 1.29 is 48.8 Å². The van der Waals surface area contributed by atoms with E-state index < -0.39 is 50.5 Å². The maximum absolute atomic E-state index is 12.9. The fraction of sp³-hybridized carbons (Fsp3) is 0.235. The van der Waals surface area contributed by atoms with Crippen molar-refractivity contribution in [3.05, 3.63) is 47.5 Å². The van der Waals surface area contributed by atoms with E-state index in [4.69, 9.17) is 0 Å². The molecule has 0 heterocycles. The highest BCUT2D eigenvalue weighted by Crippen LogP contribution is 2.35. The molecule has 2 aromatic rings. The molecule has 0 fully saturated rings. The van der Waals surface area contributed by atoms with Crippen molar-refractivity contribution >= 4 is 33.5 Å². The van der Waals surface area contributed by atoms with Crippen LogP contribution in [0, 0.1) is 0 Å². The van der Waals surface area contributed by atoms with Gasteiger partial charge in [0, 0.05) is 11.0 Å². The van der Waals surface area contributed by atoms with Crippen LogP contribution in [0.4, 0.5) is 32.0 Å². The van der Waals surface area contributed by atoms with Crippen molar-refractivity contribution in [2.24, 2.45) is 0 Å². The van der Waals surface area contributed by atoms with E-state index in [2.05, 4.69) is 9.50 Å². The van der Waals surface area contributed by atoms with Crippen molar-refractivity contribution in [1.29, 1.82) is 0 Å². The third-order valence-electron chi connectivity index (χ3n) is 3.56. The predicted octanol–water partition coefficient (Wildman–Crippen LogP) is 5.00. The molecule has 1 amide bonds. The molecule has 14 heteroatoms. The van der Waals surface area contributed by atoms with E-state index in [0.717, 1.165) is 30.0 Å². The first-order valence-corrected chi connectivity index (χ1v) is 10.5. The predicted molar refractivity (Wildman–Crippen MR) is 99.5 cm³/mol. The summed E-state index contributed by atoms with van der Waals surface area (Å²) in [6.45, 7) is 1.64. The van der Waals surface area contributed by atoms with Gasteiger partial charge < -0.3 is 14.6 Å². The van der Waals surface area contributed by atoms with E-state index in [1.165, 1.54) is 0 Å². The number of carbonyl (C=O) groups excluding carboxylic acids is 1. The van der Waals surface area contributed by atoms with Gasteiger partial charge in [0.25, 0.3) is 5.91 Å². The summed E-state index contributed by atoms with van der Waals surface area (Å²) < 4.78 is 102. The summed E-state index contributed by atoms with van der Waals surface area (Å²) in [6, 6.07) is 4.44. The summed E-state index contributed by atoms with van der Waals surface area (Å²) in [5, 5.41) is 11.9.